The molecular weight excluding hydrogens is 274 g/mol. The zero-order valence-corrected chi connectivity index (χ0v) is 11.9. The molecule has 0 atom stereocenters. The van der Waals surface area contributed by atoms with Crippen LogP contribution in [0, 0.1) is 6.92 Å². The van der Waals surface area contributed by atoms with Crippen LogP contribution in [0.25, 0.3) is 38.2 Å². The van der Waals surface area contributed by atoms with Crippen LogP contribution >= 0.6 is 0 Å². The summed E-state index contributed by atoms with van der Waals surface area (Å²) in [6.07, 6.45) is 0. The predicted octanol–water partition coefficient (Wildman–Crippen LogP) is 3.30. The van der Waals surface area contributed by atoms with E-state index in [9.17, 15) is 4.79 Å². The molecule has 22 heavy (non-hydrogen) atoms. The lowest BCUT2D eigenvalue weighted by atomic mass is 10.0. The van der Waals surface area contributed by atoms with Crippen LogP contribution in [0.15, 0.2) is 53.3 Å². The summed E-state index contributed by atoms with van der Waals surface area (Å²) in [7, 11) is 0. The maximum absolute atomic E-state index is 12.8. The molecule has 104 valence electrons. The minimum absolute atomic E-state index is 0.0544. The largest absolute Gasteiger partial charge is 0.289 e. The summed E-state index contributed by atoms with van der Waals surface area (Å²) < 4.78 is 1.85. The number of fused-ring (bicyclic) bond motifs is 4. The van der Waals surface area contributed by atoms with E-state index in [-0.39, 0.29) is 5.43 Å². The van der Waals surface area contributed by atoms with Crippen LogP contribution in [0.4, 0.5) is 0 Å². The van der Waals surface area contributed by atoms with E-state index in [0.717, 1.165) is 38.5 Å². The summed E-state index contributed by atoms with van der Waals surface area (Å²) in [5.74, 6) is 0. The van der Waals surface area contributed by atoms with E-state index in [4.69, 9.17) is 0 Å². The average molecular weight is 285 g/mol. The quantitative estimate of drug-likeness (QED) is 0.324. The van der Waals surface area contributed by atoms with E-state index >= 15 is 0 Å². The number of hydrogen-bond acceptors (Lipinski definition) is 3. The van der Waals surface area contributed by atoms with Gasteiger partial charge in [0.1, 0.15) is 0 Å². The van der Waals surface area contributed by atoms with Gasteiger partial charge in [-0.15, -0.1) is 0 Å². The van der Waals surface area contributed by atoms with Gasteiger partial charge in [0.15, 0.2) is 11.1 Å². The first-order valence-corrected chi connectivity index (χ1v) is 7.17. The lowest BCUT2D eigenvalue weighted by molar-refractivity contribution is 0.963. The summed E-state index contributed by atoms with van der Waals surface area (Å²) in [6.45, 7) is 1.95. The Morgan fingerprint density at radius 2 is 1.73 bits per heavy atom. The van der Waals surface area contributed by atoms with Crippen molar-refractivity contribution in [3.05, 3.63) is 64.4 Å². The van der Waals surface area contributed by atoms with Crippen LogP contribution in [0.1, 0.15) is 5.69 Å². The van der Waals surface area contributed by atoms with E-state index in [1.807, 2.05) is 60.0 Å². The van der Waals surface area contributed by atoms with E-state index in [2.05, 4.69) is 10.1 Å². The van der Waals surface area contributed by atoms with Crippen molar-refractivity contribution in [3.8, 4) is 0 Å². The standard InChI is InChI=1S/C18H11N3O/c1-10-9-15-19-14-8-4-7-13-16(14)17(21(15)20-10)11-5-2-3-6-12(11)18(13)22/h2-9H,1H3. The second-order valence-corrected chi connectivity index (χ2v) is 5.59. The highest BCUT2D eigenvalue weighted by molar-refractivity contribution is 6.19. The number of nitrogens with zero attached hydrogens (tertiary/aromatic N) is 3. The first-order chi connectivity index (χ1) is 10.7. The SMILES string of the molecule is Cc1cc2nc3cccc4c(=O)c5ccccc5c(c34)n2n1. The maximum atomic E-state index is 12.8. The Hall–Kier alpha value is -3.01. The van der Waals surface area contributed by atoms with Crippen molar-refractivity contribution in [3.63, 3.8) is 0 Å². The smallest absolute Gasteiger partial charge is 0.194 e. The fraction of sp³-hybridized carbons (Fsp3) is 0.0556. The monoisotopic (exact) mass is 285 g/mol. The minimum Gasteiger partial charge on any atom is -0.289 e. The molecule has 0 aliphatic heterocycles. The van der Waals surface area contributed by atoms with E-state index in [1.54, 1.807) is 0 Å². The molecule has 0 saturated heterocycles. The molecule has 5 rings (SSSR count). The molecule has 0 fully saturated rings. The predicted molar refractivity (Wildman–Crippen MR) is 87.7 cm³/mol. The second kappa shape index (κ2) is 3.80. The van der Waals surface area contributed by atoms with Gasteiger partial charge in [-0.05, 0) is 13.0 Å². The van der Waals surface area contributed by atoms with E-state index < -0.39 is 0 Å². The summed E-state index contributed by atoms with van der Waals surface area (Å²) in [5.41, 5.74) is 3.57. The van der Waals surface area contributed by atoms with Crippen molar-refractivity contribution in [2.24, 2.45) is 0 Å². The van der Waals surface area contributed by atoms with Crippen molar-refractivity contribution in [2.45, 2.75) is 6.92 Å². The van der Waals surface area contributed by atoms with Gasteiger partial charge in [0.05, 0.1) is 16.7 Å². The molecule has 4 nitrogen and oxygen atoms in total. The van der Waals surface area contributed by atoms with Gasteiger partial charge in [-0.25, -0.2) is 9.50 Å². The molecule has 0 radical (unpaired) electrons. The molecule has 0 bridgehead atoms. The molecule has 5 aromatic rings. The molecule has 0 amide bonds. The molecule has 4 heteroatoms. The molecule has 0 saturated carbocycles. The Bertz CT molecular complexity index is 1250. The Morgan fingerprint density at radius 1 is 0.955 bits per heavy atom. The minimum atomic E-state index is 0.0544. The van der Waals surface area contributed by atoms with Crippen molar-refractivity contribution in [1.29, 1.82) is 0 Å². The van der Waals surface area contributed by atoms with Gasteiger partial charge in [-0.3, -0.25) is 4.79 Å². The zero-order chi connectivity index (χ0) is 14.8. The van der Waals surface area contributed by atoms with Gasteiger partial charge in [-0.1, -0.05) is 36.4 Å². The molecule has 0 aliphatic carbocycles. The molecule has 2 aromatic heterocycles. The van der Waals surface area contributed by atoms with Crippen molar-refractivity contribution < 1.29 is 0 Å². The molecule has 3 aromatic carbocycles. The van der Waals surface area contributed by atoms with Gasteiger partial charge >= 0.3 is 0 Å². The third-order valence-corrected chi connectivity index (χ3v) is 4.21. The van der Waals surface area contributed by atoms with Crippen LogP contribution in [0.5, 0.6) is 0 Å². The van der Waals surface area contributed by atoms with E-state index in [0.29, 0.717) is 5.39 Å². The Kier molecular flexibility index (Phi) is 2.01. The Labute approximate surface area is 125 Å². The van der Waals surface area contributed by atoms with Gasteiger partial charge in [0, 0.05) is 27.6 Å². The normalized spacial score (nSPS) is 12.0. The molecular formula is C18H11N3O. The summed E-state index contributed by atoms with van der Waals surface area (Å²) in [4.78, 5) is 17.4. The third kappa shape index (κ3) is 1.29. The Balaban J connectivity index is 2.31. The molecule has 0 spiro atoms. The number of aromatic nitrogens is 3. The third-order valence-electron chi connectivity index (χ3n) is 4.21. The van der Waals surface area contributed by atoms with Gasteiger partial charge in [0.2, 0.25) is 0 Å². The second-order valence-electron chi connectivity index (χ2n) is 5.59. The first-order valence-electron chi connectivity index (χ1n) is 7.17. The average Bonchev–Trinajstić information content (AvgIpc) is 2.90. The van der Waals surface area contributed by atoms with Crippen LogP contribution in [0.3, 0.4) is 0 Å². The van der Waals surface area contributed by atoms with Gasteiger partial charge in [0.25, 0.3) is 0 Å². The molecule has 0 N–H and O–H groups in total. The summed E-state index contributed by atoms with van der Waals surface area (Å²) in [6, 6.07) is 15.4. The summed E-state index contributed by atoms with van der Waals surface area (Å²) in [5, 5.41) is 7.82. The highest BCUT2D eigenvalue weighted by Gasteiger charge is 2.16. The van der Waals surface area contributed by atoms with Crippen LogP contribution in [0.2, 0.25) is 0 Å². The number of hydrogen-bond donors (Lipinski definition) is 0. The van der Waals surface area contributed by atoms with E-state index in [1.165, 1.54) is 0 Å². The van der Waals surface area contributed by atoms with Gasteiger partial charge in [-0.2, -0.15) is 5.10 Å². The number of benzene rings is 3. The van der Waals surface area contributed by atoms with Crippen LogP contribution in [-0.4, -0.2) is 14.6 Å². The van der Waals surface area contributed by atoms with Gasteiger partial charge < -0.3 is 0 Å². The highest BCUT2D eigenvalue weighted by Crippen LogP contribution is 2.30. The van der Waals surface area contributed by atoms with Crippen molar-refractivity contribution >= 4 is 38.2 Å². The maximum Gasteiger partial charge on any atom is 0.194 e. The van der Waals surface area contributed by atoms with Crippen LogP contribution in [-0.2, 0) is 0 Å². The van der Waals surface area contributed by atoms with Crippen molar-refractivity contribution in [1.82, 2.24) is 14.6 Å². The zero-order valence-electron chi connectivity index (χ0n) is 11.9. The topological polar surface area (TPSA) is 47.3 Å². The summed E-state index contributed by atoms with van der Waals surface area (Å²) >= 11 is 0. The molecule has 0 aliphatic rings. The fourth-order valence-electron chi connectivity index (χ4n) is 3.31. The Morgan fingerprint density at radius 3 is 2.59 bits per heavy atom. The molecule has 0 unspecified atom stereocenters. The fourth-order valence-corrected chi connectivity index (χ4v) is 3.31. The number of rotatable bonds is 0. The van der Waals surface area contributed by atoms with Crippen LogP contribution < -0.4 is 5.43 Å². The lowest BCUT2D eigenvalue weighted by Crippen LogP contribution is -2.06. The lowest BCUT2D eigenvalue weighted by Gasteiger charge is -2.09. The van der Waals surface area contributed by atoms with Crippen molar-refractivity contribution in [2.75, 3.05) is 0 Å². The first kappa shape index (κ1) is 11.6. The highest BCUT2D eigenvalue weighted by atomic mass is 16.1. The molecule has 2 heterocycles. The number of aryl methyl sites for hydroxylation is 1.